The van der Waals surface area contributed by atoms with Crippen molar-refractivity contribution in [3.05, 3.63) is 48.6 Å². The normalized spacial score (nSPS) is 17.1. The second-order valence-electron chi connectivity index (χ2n) is 3.07. The van der Waals surface area contributed by atoms with Crippen LogP contribution in [-0.4, -0.2) is 27.5 Å². The Morgan fingerprint density at radius 2 is 1.64 bits per heavy atom. The molecule has 3 N–H and O–H groups in total. The van der Waals surface area contributed by atoms with Gasteiger partial charge in [-0.15, -0.1) is 6.58 Å². The average molecular weight is 194 g/mol. The summed E-state index contributed by atoms with van der Waals surface area (Å²) in [7, 11) is 0. The lowest BCUT2D eigenvalue weighted by atomic mass is 10.0. The quantitative estimate of drug-likeness (QED) is 0.616. The fourth-order valence-corrected chi connectivity index (χ4v) is 1.17. The zero-order chi connectivity index (χ0) is 10.6. The molecule has 0 aromatic heterocycles. The number of aliphatic hydroxyl groups excluding tert-OH is 3. The minimum Gasteiger partial charge on any atom is -0.387 e. The van der Waals surface area contributed by atoms with Crippen molar-refractivity contribution in [2.45, 2.75) is 18.3 Å². The van der Waals surface area contributed by atoms with E-state index in [0.29, 0.717) is 5.56 Å². The third-order valence-corrected chi connectivity index (χ3v) is 2.06. The standard InChI is InChI=1S/C11H14O3/c1-2-9(12)11(14)10(13)8-6-4-3-5-7-8/h2-7,9-14H,1H2/t9-,10?,11+/m1/s1. The molecule has 76 valence electrons. The molecule has 0 aliphatic carbocycles. The van der Waals surface area contributed by atoms with Crippen molar-refractivity contribution >= 4 is 0 Å². The van der Waals surface area contributed by atoms with Gasteiger partial charge in [0.05, 0.1) is 0 Å². The van der Waals surface area contributed by atoms with E-state index in [1.165, 1.54) is 6.08 Å². The highest BCUT2D eigenvalue weighted by Gasteiger charge is 2.23. The summed E-state index contributed by atoms with van der Waals surface area (Å²) >= 11 is 0. The molecule has 1 aromatic rings. The fourth-order valence-electron chi connectivity index (χ4n) is 1.17. The molecular formula is C11H14O3. The summed E-state index contributed by atoms with van der Waals surface area (Å²) in [6.45, 7) is 3.34. The van der Waals surface area contributed by atoms with Gasteiger partial charge in [-0.2, -0.15) is 0 Å². The van der Waals surface area contributed by atoms with Crippen LogP contribution in [0.5, 0.6) is 0 Å². The van der Waals surface area contributed by atoms with Crippen LogP contribution in [0, 0.1) is 0 Å². The zero-order valence-electron chi connectivity index (χ0n) is 7.74. The molecule has 0 radical (unpaired) electrons. The van der Waals surface area contributed by atoms with Crippen molar-refractivity contribution in [3.63, 3.8) is 0 Å². The Hall–Kier alpha value is -1.16. The van der Waals surface area contributed by atoms with Crippen LogP contribution in [0.15, 0.2) is 43.0 Å². The number of aliphatic hydroxyl groups is 3. The number of hydrogen-bond acceptors (Lipinski definition) is 3. The smallest absolute Gasteiger partial charge is 0.113 e. The van der Waals surface area contributed by atoms with Crippen molar-refractivity contribution in [3.8, 4) is 0 Å². The Morgan fingerprint density at radius 1 is 1.07 bits per heavy atom. The van der Waals surface area contributed by atoms with Gasteiger partial charge in [-0.1, -0.05) is 36.4 Å². The van der Waals surface area contributed by atoms with E-state index in [2.05, 4.69) is 6.58 Å². The van der Waals surface area contributed by atoms with Crippen LogP contribution in [0.2, 0.25) is 0 Å². The van der Waals surface area contributed by atoms with Gasteiger partial charge < -0.3 is 15.3 Å². The van der Waals surface area contributed by atoms with E-state index < -0.39 is 18.3 Å². The second-order valence-corrected chi connectivity index (χ2v) is 3.07. The highest BCUT2D eigenvalue weighted by Crippen LogP contribution is 2.18. The van der Waals surface area contributed by atoms with Gasteiger partial charge in [-0.3, -0.25) is 0 Å². The molecule has 1 unspecified atom stereocenters. The summed E-state index contributed by atoms with van der Waals surface area (Å²) < 4.78 is 0. The summed E-state index contributed by atoms with van der Waals surface area (Å²) in [5.74, 6) is 0. The van der Waals surface area contributed by atoms with Crippen LogP contribution in [0.1, 0.15) is 11.7 Å². The van der Waals surface area contributed by atoms with E-state index in [1.807, 2.05) is 6.07 Å². The molecule has 0 saturated carbocycles. The van der Waals surface area contributed by atoms with Crippen LogP contribution >= 0.6 is 0 Å². The molecular weight excluding hydrogens is 180 g/mol. The van der Waals surface area contributed by atoms with Crippen LogP contribution in [0.4, 0.5) is 0 Å². The zero-order valence-corrected chi connectivity index (χ0v) is 7.74. The summed E-state index contributed by atoms with van der Waals surface area (Å²) in [5.41, 5.74) is 0.570. The molecule has 3 atom stereocenters. The van der Waals surface area contributed by atoms with Gasteiger partial charge in [-0.05, 0) is 5.56 Å². The Labute approximate surface area is 82.9 Å². The van der Waals surface area contributed by atoms with Gasteiger partial charge >= 0.3 is 0 Å². The van der Waals surface area contributed by atoms with Crippen molar-refractivity contribution in [2.75, 3.05) is 0 Å². The number of hydrogen-bond donors (Lipinski definition) is 3. The lowest BCUT2D eigenvalue weighted by Crippen LogP contribution is -2.30. The van der Waals surface area contributed by atoms with E-state index in [1.54, 1.807) is 24.3 Å². The van der Waals surface area contributed by atoms with Crippen molar-refractivity contribution in [1.29, 1.82) is 0 Å². The van der Waals surface area contributed by atoms with Crippen molar-refractivity contribution in [1.82, 2.24) is 0 Å². The van der Waals surface area contributed by atoms with Crippen molar-refractivity contribution in [2.24, 2.45) is 0 Å². The van der Waals surface area contributed by atoms with Gasteiger partial charge in [0.1, 0.15) is 18.3 Å². The maximum atomic E-state index is 9.63. The van der Waals surface area contributed by atoms with Gasteiger partial charge in [0.25, 0.3) is 0 Å². The monoisotopic (exact) mass is 194 g/mol. The molecule has 3 nitrogen and oxygen atoms in total. The molecule has 0 aliphatic rings. The van der Waals surface area contributed by atoms with E-state index in [9.17, 15) is 15.3 Å². The lowest BCUT2D eigenvalue weighted by molar-refractivity contribution is -0.0424. The number of benzene rings is 1. The highest BCUT2D eigenvalue weighted by molar-refractivity contribution is 5.19. The maximum Gasteiger partial charge on any atom is 0.113 e. The first kappa shape index (κ1) is 10.9. The predicted octanol–water partition coefficient (Wildman–Crippen LogP) is 0.628. The minimum atomic E-state index is -1.24. The average Bonchev–Trinajstić information content (AvgIpc) is 2.27. The first-order valence-electron chi connectivity index (χ1n) is 4.38. The first-order valence-corrected chi connectivity index (χ1v) is 4.38. The Bertz CT molecular complexity index is 284. The Balaban J connectivity index is 2.75. The van der Waals surface area contributed by atoms with Gasteiger partial charge in [0, 0.05) is 0 Å². The van der Waals surface area contributed by atoms with Gasteiger partial charge in [-0.25, -0.2) is 0 Å². The fraction of sp³-hybridized carbons (Fsp3) is 0.273. The topological polar surface area (TPSA) is 60.7 Å². The number of rotatable bonds is 4. The Kier molecular flexibility index (Phi) is 3.83. The molecule has 3 heteroatoms. The predicted molar refractivity (Wildman–Crippen MR) is 53.6 cm³/mol. The summed E-state index contributed by atoms with van der Waals surface area (Å²) in [5, 5.41) is 28.3. The van der Waals surface area contributed by atoms with E-state index in [0.717, 1.165) is 0 Å². The third kappa shape index (κ3) is 2.42. The van der Waals surface area contributed by atoms with Gasteiger partial charge in [0.15, 0.2) is 0 Å². The second kappa shape index (κ2) is 4.91. The molecule has 0 spiro atoms. The van der Waals surface area contributed by atoms with Crippen LogP contribution in [0.25, 0.3) is 0 Å². The van der Waals surface area contributed by atoms with E-state index in [4.69, 9.17) is 0 Å². The highest BCUT2D eigenvalue weighted by atomic mass is 16.4. The summed E-state index contributed by atoms with van der Waals surface area (Å²) in [6, 6.07) is 8.69. The van der Waals surface area contributed by atoms with Crippen LogP contribution < -0.4 is 0 Å². The third-order valence-electron chi connectivity index (χ3n) is 2.06. The minimum absolute atomic E-state index is 0.570. The molecule has 0 aliphatic heterocycles. The van der Waals surface area contributed by atoms with Crippen LogP contribution in [-0.2, 0) is 0 Å². The molecule has 0 heterocycles. The maximum absolute atomic E-state index is 9.63. The SMILES string of the molecule is C=C[C@@H](O)[C@H](O)C(O)c1ccccc1. The largest absolute Gasteiger partial charge is 0.387 e. The molecule has 1 aromatic carbocycles. The summed E-state index contributed by atoms with van der Waals surface area (Å²) in [4.78, 5) is 0. The summed E-state index contributed by atoms with van der Waals surface area (Å²) in [6.07, 6.45) is -2.26. The molecule has 0 saturated heterocycles. The van der Waals surface area contributed by atoms with Crippen LogP contribution in [0.3, 0.4) is 0 Å². The van der Waals surface area contributed by atoms with Crippen molar-refractivity contribution < 1.29 is 15.3 Å². The van der Waals surface area contributed by atoms with Gasteiger partial charge in [0.2, 0.25) is 0 Å². The Morgan fingerprint density at radius 3 is 2.14 bits per heavy atom. The molecule has 14 heavy (non-hydrogen) atoms. The molecule has 0 fully saturated rings. The first-order chi connectivity index (χ1) is 6.66. The van der Waals surface area contributed by atoms with E-state index >= 15 is 0 Å². The molecule has 0 bridgehead atoms. The molecule has 1 rings (SSSR count). The molecule has 0 amide bonds. The van der Waals surface area contributed by atoms with E-state index in [-0.39, 0.29) is 0 Å². The lowest BCUT2D eigenvalue weighted by Gasteiger charge is -2.20.